The molecule has 0 spiro atoms. The molecule has 1 aromatic heterocycles. The first kappa shape index (κ1) is 16.3. The Balaban J connectivity index is 1.85. The maximum atomic E-state index is 12.4. The van der Waals surface area contributed by atoms with Crippen molar-refractivity contribution in [2.75, 3.05) is 24.7 Å². The highest BCUT2D eigenvalue weighted by Crippen LogP contribution is 2.32. The molecule has 2 N–H and O–H groups in total. The molecule has 1 fully saturated rings. The average molecular weight is 341 g/mol. The summed E-state index contributed by atoms with van der Waals surface area (Å²) in [6, 6.07) is -0.589. The van der Waals surface area contributed by atoms with E-state index < -0.39 is 17.2 Å². The van der Waals surface area contributed by atoms with E-state index in [2.05, 4.69) is 25.1 Å². The van der Waals surface area contributed by atoms with Gasteiger partial charge in [0.05, 0.1) is 0 Å². The number of aromatic nitrogens is 2. The Morgan fingerprint density at radius 1 is 1.48 bits per heavy atom. The summed E-state index contributed by atoms with van der Waals surface area (Å²) < 4.78 is 39.2. The topological polar surface area (TPSA) is 70.2 Å². The zero-order valence-electron chi connectivity index (χ0n) is 11.1. The number of hydrogen-bond acceptors (Lipinski definition) is 6. The Morgan fingerprint density at radius 2 is 2.24 bits per heavy atom. The van der Waals surface area contributed by atoms with Crippen LogP contribution in [0.5, 0.6) is 0 Å². The van der Waals surface area contributed by atoms with Gasteiger partial charge in [-0.1, -0.05) is 23.3 Å². The summed E-state index contributed by atoms with van der Waals surface area (Å²) in [4.78, 5) is 11.7. The lowest BCUT2D eigenvalue weighted by Gasteiger charge is -2.31. The second-order valence-corrected chi connectivity index (χ2v) is 6.28. The molecule has 0 aromatic carbocycles. The molecule has 118 valence electrons. The minimum atomic E-state index is -4.55. The average Bonchev–Trinajstić information content (AvgIpc) is 2.87. The van der Waals surface area contributed by atoms with Gasteiger partial charge >= 0.3 is 12.2 Å². The summed E-state index contributed by atoms with van der Waals surface area (Å²) in [6.45, 7) is 1.67. The lowest BCUT2D eigenvalue weighted by atomic mass is 10.1. The number of hydrogen-bond donors (Lipinski definition) is 2. The predicted octanol–water partition coefficient (Wildman–Crippen LogP) is 2.42. The van der Waals surface area contributed by atoms with Crippen molar-refractivity contribution < 1.29 is 18.0 Å². The molecule has 0 saturated carbocycles. The molecular formula is C10H14F3N5OS2. The number of rotatable bonds is 3. The molecular weight excluding hydrogens is 327 g/mol. The van der Waals surface area contributed by atoms with Crippen LogP contribution in [-0.4, -0.2) is 45.9 Å². The molecule has 1 aromatic rings. The van der Waals surface area contributed by atoms with Crippen LogP contribution >= 0.6 is 23.3 Å². The predicted molar refractivity (Wildman–Crippen MR) is 75.2 cm³/mol. The van der Waals surface area contributed by atoms with E-state index in [0.29, 0.717) is 17.9 Å². The number of alkyl halides is 3. The summed E-state index contributed by atoms with van der Waals surface area (Å²) in [5.41, 5.74) is 0. The summed E-state index contributed by atoms with van der Waals surface area (Å²) in [5.74, 6) is 0. The zero-order chi connectivity index (χ0) is 15.5. The van der Waals surface area contributed by atoms with Crippen molar-refractivity contribution in [2.24, 2.45) is 0 Å². The van der Waals surface area contributed by atoms with Crippen molar-refractivity contribution in [3.05, 3.63) is 5.01 Å². The van der Waals surface area contributed by atoms with Crippen LogP contribution in [0.25, 0.3) is 0 Å². The van der Waals surface area contributed by atoms with Crippen LogP contribution in [0.4, 0.5) is 23.1 Å². The molecule has 0 radical (unpaired) electrons. The third-order valence-corrected chi connectivity index (χ3v) is 4.60. The fraction of sp³-hybridized carbons (Fsp3) is 0.700. The van der Waals surface area contributed by atoms with E-state index >= 15 is 0 Å². The normalized spacial score (nSPS) is 20.3. The smallest absolute Gasteiger partial charge is 0.334 e. The second-order valence-electron chi connectivity index (χ2n) is 4.42. The molecule has 6 nitrogen and oxygen atoms in total. The number of nitrogens with one attached hydrogen (secondary N) is 2. The Bertz CT molecular complexity index is 495. The van der Waals surface area contributed by atoms with E-state index in [-0.39, 0.29) is 11.2 Å². The highest BCUT2D eigenvalue weighted by atomic mass is 32.2. The number of piperidine rings is 1. The number of halogens is 3. The Hall–Kier alpha value is -1.07. The molecule has 1 atom stereocenters. The largest absolute Gasteiger partial charge is 0.445 e. The molecule has 1 aliphatic heterocycles. The third kappa shape index (κ3) is 4.71. The maximum Gasteiger partial charge on any atom is 0.445 e. The molecule has 2 amide bonds. The molecule has 0 bridgehead atoms. The van der Waals surface area contributed by atoms with E-state index in [1.165, 1.54) is 0 Å². The van der Waals surface area contributed by atoms with Crippen LogP contribution in [-0.2, 0) is 6.18 Å². The van der Waals surface area contributed by atoms with Crippen molar-refractivity contribution in [3.63, 3.8) is 0 Å². The van der Waals surface area contributed by atoms with Gasteiger partial charge in [0.15, 0.2) is 0 Å². The number of urea groups is 1. The van der Waals surface area contributed by atoms with Gasteiger partial charge < -0.3 is 5.32 Å². The van der Waals surface area contributed by atoms with Crippen LogP contribution in [0.3, 0.4) is 0 Å². The van der Waals surface area contributed by atoms with Gasteiger partial charge in [-0.3, -0.25) is 5.32 Å². The number of carbonyl (C=O) groups is 1. The van der Waals surface area contributed by atoms with Gasteiger partial charge in [-0.05, 0) is 19.1 Å². The van der Waals surface area contributed by atoms with Gasteiger partial charge in [0.1, 0.15) is 0 Å². The SMILES string of the molecule is CSN1CCCC(NC(=O)Nc2nnc(C(F)(F)F)s2)C1. The quantitative estimate of drug-likeness (QED) is 0.827. The van der Waals surface area contributed by atoms with E-state index in [4.69, 9.17) is 0 Å². The van der Waals surface area contributed by atoms with Gasteiger partial charge in [0, 0.05) is 19.1 Å². The minimum Gasteiger partial charge on any atom is -0.334 e. The molecule has 1 saturated heterocycles. The molecule has 0 aliphatic carbocycles. The number of anilines is 1. The van der Waals surface area contributed by atoms with Crippen LogP contribution in [0.15, 0.2) is 0 Å². The van der Waals surface area contributed by atoms with Gasteiger partial charge in [0.25, 0.3) is 0 Å². The monoisotopic (exact) mass is 341 g/mol. The fourth-order valence-corrected chi connectivity index (χ4v) is 3.18. The first-order valence-corrected chi connectivity index (χ1v) is 8.15. The lowest BCUT2D eigenvalue weighted by molar-refractivity contribution is -0.138. The first-order valence-electron chi connectivity index (χ1n) is 6.15. The van der Waals surface area contributed by atoms with Crippen LogP contribution in [0.2, 0.25) is 0 Å². The first-order chi connectivity index (χ1) is 9.88. The van der Waals surface area contributed by atoms with Crippen LogP contribution in [0, 0.1) is 0 Å². The van der Waals surface area contributed by atoms with E-state index in [1.54, 1.807) is 11.9 Å². The van der Waals surface area contributed by atoms with Gasteiger partial charge in [-0.2, -0.15) is 13.2 Å². The van der Waals surface area contributed by atoms with Crippen molar-refractivity contribution in [2.45, 2.75) is 25.1 Å². The number of amides is 2. The molecule has 21 heavy (non-hydrogen) atoms. The fourth-order valence-electron chi connectivity index (χ4n) is 1.93. The van der Waals surface area contributed by atoms with E-state index in [0.717, 1.165) is 19.4 Å². The summed E-state index contributed by atoms with van der Waals surface area (Å²) in [6.07, 6.45) is -0.782. The second kappa shape index (κ2) is 6.79. The summed E-state index contributed by atoms with van der Waals surface area (Å²) in [5, 5.41) is 10.1. The minimum absolute atomic E-state index is 0.0267. The number of carbonyl (C=O) groups excluding carboxylic acids is 1. The molecule has 11 heteroatoms. The Labute approximate surface area is 127 Å². The Kier molecular flexibility index (Phi) is 5.27. The standard InChI is InChI=1S/C10H14F3N5OS2/c1-20-18-4-2-3-6(5-18)14-8(19)15-9-17-16-7(21-9)10(11,12)13/h6H,2-5H2,1H3,(H2,14,15,17,19). The molecule has 2 heterocycles. The van der Waals surface area contributed by atoms with Crippen molar-refractivity contribution in [1.82, 2.24) is 19.8 Å². The molecule has 2 rings (SSSR count). The maximum absolute atomic E-state index is 12.4. The third-order valence-electron chi connectivity index (χ3n) is 2.87. The summed E-state index contributed by atoms with van der Waals surface area (Å²) in [7, 11) is 0. The van der Waals surface area contributed by atoms with Crippen molar-refractivity contribution >= 4 is 34.4 Å². The van der Waals surface area contributed by atoms with Crippen LogP contribution < -0.4 is 10.6 Å². The van der Waals surface area contributed by atoms with E-state index in [1.807, 2.05) is 6.26 Å². The van der Waals surface area contributed by atoms with Gasteiger partial charge in [-0.15, -0.1) is 10.2 Å². The Morgan fingerprint density at radius 3 is 2.86 bits per heavy atom. The molecule has 1 aliphatic rings. The zero-order valence-corrected chi connectivity index (χ0v) is 12.7. The van der Waals surface area contributed by atoms with Crippen molar-refractivity contribution in [3.8, 4) is 0 Å². The van der Waals surface area contributed by atoms with Gasteiger partial charge in [-0.25, -0.2) is 9.10 Å². The van der Waals surface area contributed by atoms with Crippen molar-refractivity contribution in [1.29, 1.82) is 0 Å². The lowest BCUT2D eigenvalue weighted by Crippen LogP contribution is -2.46. The highest BCUT2D eigenvalue weighted by Gasteiger charge is 2.35. The highest BCUT2D eigenvalue weighted by molar-refractivity contribution is 7.96. The summed E-state index contributed by atoms with van der Waals surface area (Å²) >= 11 is 1.90. The van der Waals surface area contributed by atoms with Crippen LogP contribution in [0.1, 0.15) is 17.8 Å². The number of nitrogens with zero attached hydrogens (tertiary/aromatic N) is 3. The van der Waals surface area contributed by atoms with E-state index in [9.17, 15) is 18.0 Å². The van der Waals surface area contributed by atoms with Gasteiger partial charge in [0.2, 0.25) is 10.1 Å². The molecule has 1 unspecified atom stereocenters.